The molecule has 1 fully saturated rings. The van der Waals surface area contributed by atoms with Gasteiger partial charge in [-0.1, -0.05) is 33.3 Å². The molecule has 1 aliphatic heterocycles. The number of thiazole rings is 1. The summed E-state index contributed by atoms with van der Waals surface area (Å²) >= 11 is 5.29. The molecule has 3 aromatic rings. The fourth-order valence-corrected chi connectivity index (χ4v) is 4.26. The van der Waals surface area contributed by atoms with Crippen molar-refractivity contribution in [2.24, 2.45) is 0 Å². The lowest BCUT2D eigenvalue weighted by atomic mass is 10.3. The number of fused-ring (bicyclic) bond motifs is 1. The first kappa shape index (κ1) is 14.0. The molecule has 0 atom stereocenters. The van der Waals surface area contributed by atoms with E-state index >= 15 is 0 Å². The van der Waals surface area contributed by atoms with Crippen LogP contribution in [0.25, 0.3) is 10.2 Å². The molecule has 2 aromatic heterocycles. The van der Waals surface area contributed by atoms with Crippen molar-refractivity contribution in [3.63, 3.8) is 0 Å². The van der Waals surface area contributed by atoms with Crippen LogP contribution < -0.4 is 9.80 Å². The third-order valence-electron chi connectivity index (χ3n) is 3.86. The summed E-state index contributed by atoms with van der Waals surface area (Å²) in [4.78, 5) is 13.9. The molecule has 0 amide bonds. The predicted octanol–water partition coefficient (Wildman–Crippen LogP) is 3.78. The minimum atomic E-state index is 0.983. The van der Waals surface area contributed by atoms with E-state index in [4.69, 9.17) is 4.98 Å². The summed E-state index contributed by atoms with van der Waals surface area (Å²) in [5, 5.41) is 1.12. The third kappa shape index (κ3) is 2.68. The summed E-state index contributed by atoms with van der Waals surface area (Å²) in [6.45, 7) is 3.93. The van der Waals surface area contributed by atoms with Gasteiger partial charge in [-0.2, -0.15) is 0 Å². The second-order valence-corrected chi connectivity index (χ2v) is 7.20. The van der Waals surface area contributed by atoms with Crippen molar-refractivity contribution in [3.8, 4) is 0 Å². The van der Waals surface area contributed by atoms with E-state index in [1.54, 1.807) is 11.3 Å². The highest BCUT2D eigenvalue weighted by Gasteiger charge is 2.20. The van der Waals surface area contributed by atoms with Gasteiger partial charge in [-0.25, -0.2) is 9.97 Å². The molecule has 22 heavy (non-hydrogen) atoms. The molecule has 0 saturated carbocycles. The molecule has 0 N–H and O–H groups in total. The van der Waals surface area contributed by atoms with Crippen LogP contribution >= 0.6 is 27.3 Å². The van der Waals surface area contributed by atoms with Gasteiger partial charge in [0.2, 0.25) is 0 Å². The molecule has 0 unspecified atom stereocenters. The van der Waals surface area contributed by atoms with Crippen LogP contribution in [0.4, 0.5) is 10.9 Å². The highest BCUT2D eigenvalue weighted by atomic mass is 79.9. The summed E-state index contributed by atoms with van der Waals surface area (Å²) in [5.41, 5.74) is 1.08. The molecule has 1 saturated heterocycles. The molecule has 0 spiro atoms. The van der Waals surface area contributed by atoms with Gasteiger partial charge in [0, 0.05) is 36.8 Å². The predicted molar refractivity (Wildman–Crippen MR) is 96.0 cm³/mol. The second kappa shape index (κ2) is 5.85. The smallest absolute Gasteiger partial charge is 0.186 e. The number of rotatable bonds is 2. The standard InChI is InChI=1S/C16H15BrN4S/c17-12-4-5-13-14(11-12)22-16(19-13)21-9-7-20(8-10-21)15-3-1-2-6-18-15/h1-6,11H,7-10H2. The van der Waals surface area contributed by atoms with Crippen LogP contribution in [-0.2, 0) is 0 Å². The zero-order chi connectivity index (χ0) is 14.9. The van der Waals surface area contributed by atoms with Crippen molar-refractivity contribution in [1.29, 1.82) is 0 Å². The Morgan fingerprint density at radius 1 is 1.00 bits per heavy atom. The number of pyridine rings is 1. The molecule has 0 radical (unpaired) electrons. The summed E-state index contributed by atoms with van der Waals surface area (Å²) in [5.74, 6) is 1.07. The quantitative estimate of drug-likeness (QED) is 0.683. The molecule has 4 nitrogen and oxygen atoms in total. The maximum absolute atomic E-state index is 4.76. The van der Waals surface area contributed by atoms with Crippen LogP contribution in [0.3, 0.4) is 0 Å². The maximum atomic E-state index is 4.76. The lowest BCUT2D eigenvalue weighted by Crippen LogP contribution is -2.46. The Labute approximate surface area is 141 Å². The van der Waals surface area contributed by atoms with Crippen molar-refractivity contribution in [2.45, 2.75) is 0 Å². The molecule has 0 bridgehead atoms. The van der Waals surface area contributed by atoms with Gasteiger partial charge in [-0.05, 0) is 30.3 Å². The van der Waals surface area contributed by atoms with Crippen LogP contribution in [0.15, 0.2) is 47.1 Å². The zero-order valence-electron chi connectivity index (χ0n) is 11.9. The van der Waals surface area contributed by atoms with E-state index in [0.29, 0.717) is 0 Å². The Morgan fingerprint density at radius 2 is 1.82 bits per heavy atom. The van der Waals surface area contributed by atoms with Crippen LogP contribution in [0, 0.1) is 0 Å². The first-order valence-electron chi connectivity index (χ1n) is 7.27. The van der Waals surface area contributed by atoms with Crippen molar-refractivity contribution in [3.05, 3.63) is 47.1 Å². The number of anilines is 2. The Bertz CT molecular complexity index is 781. The summed E-state index contributed by atoms with van der Waals surface area (Å²) in [6, 6.07) is 12.3. The number of hydrogen-bond acceptors (Lipinski definition) is 5. The normalized spacial score (nSPS) is 15.5. The van der Waals surface area contributed by atoms with Gasteiger partial charge in [0.25, 0.3) is 0 Å². The summed E-state index contributed by atoms with van der Waals surface area (Å²) < 4.78 is 2.34. The van der Waals surface area contributed by atoms with Gasteiger partial charge in [0.05, 0.1) is 10.2 Å². The van der Waals surface area contributed by atoms with E-state index < -0.39 is 0 Å². The topological polar surface area (TPSA) is 32.3 Å². The summed E-state index contributed by atoms with van der Waals surface area (Å²) in [7, 11) is 0. The van der Waals surface area contributed by atoms with Gasteiger partial charge in [0.15, 0.2) is 5.13 Å². The number of benzene rings is 1. The molecule has 4 rings (SSSR count). The first-order valence-corrected chi connectivity index (χ1v) is 8.87. The molecule has 1 aromatic carbocycles. The number of hydrogen-bond donors (Lipinski definition) is 0. The zero-order valence-corrected chi connectivity index (χ0v) is 14.3. The van der Waals surface area contributed by atoms with Crippen molar-refractivity contribution in [2.75, 3.05) is 36.0 Å². The highest BCUT2D eigenvalue weighted by molar-refractivity contribution is 9.10. The SMILES string of the molecule is Brc1ccc2nc(N3CCN(c4ccccn4)CC3)sc2c1. The van der Waals surface area contributed by atoms with E-state index in [2.05, 4.69) is 48.9 Å². The molecule has 0 aliphatic carbocycles. The van der Waals surface area contributed by atoms with Gasteiger partial charge in [-0.3, -0.25) is 0 Å². The number of aromatic nitrogens is 2. The lowest BCUT2D eigenvalue weighted by molar-refractivity contribution is 0.646. The molecule has 3 heterocycles. The Balaban J connectivity index is 1.50. The van der Waals surface area contributed by atoms with E-state index in [0.717, 1.165) is 47.1 Å². The number of piperazine rings is 1. The van der Waals surface area contributed by atoms with Gasteiger partial charge < -0.3 is 9.80 Å². The summed E-state index contributed by atoms with van der Waals surface area (Å²) in [6.07, 6.45) is 1.85. The van der Waals surface area contributed by atoms with Crippen molar-refractivity contribution < 1.29 is 0 Å². The van der Waals surface area contributed by atoms with Crippen LogP contribution in [0.2, 0.25) is 0 Å². The van der Waals surface area contributed by atoms with Gasteiger partial charge in [0.1, 0.15) is 5.82 Å². The molecule has 6 heteroatoms. The largest absolute Gasteiger partial charge is 0.353 e. The van der Waals surface area contributed by atoms with Crippen LogP contribution in [0.1, 0.15) is 0 Å². The van der Waals surface area contributed by atoms with Crippen LogP contribution in [0.5, 0.6) is 0 Å². The van der Waals surface area contributed by atoms with E-state index in [1.165, 1.54) is 4.70 Å². The van der Waals surface area contributed by atoms with Gasteiger partial charge >= 0.3 is 0 Å². The minimum Gasteiger partial charge on any atom is -0.353 e. The molecule has 112 valence electrons. The minimum absolute atomic E-state index is 0.983. The number of halogens is 1. The molecular formula is C16H15BrN4S. The fourth-order valence-electron chi connectivity index (χ4n) is 2.69. The molecular weight excluding hydrogens is 360 g/mol. The Morgan fingerprint density at radius 3 is 2.59 bits per heavy atom. The first-order chi connectivity index (χ1) is 10.8. The maximum Gasteiger partial charge on any atom is 0.186 e. The van der Waals surface area contributed by atoms with Crippen molar-refractivity contribution >= 4 is 48.4 Å². The molecule has 1 aliphatic rings. The number of nitrogens with zero attached hydrogens (tertiary/aromatic N) is 4. The van der Waals surface area contributed by atoms with Gasteiger partial charge in [-0.15, -0.1) is 0 Å². The fraction of sp³-hybridized carbons (Fsp3) is 0.250. The highest BCUT2D eigenvalue weighted by Crippen LogP contribution is 2.31. The average molecular weight is 375 g/mol. The average Bonchev–Trinajstić information content (AvgIpc) is 2.99. The monoisotopic (exact) mass is 374 g/mol. The lowest BCUT2D eigenvalue weighted by Gasteiger charge is -2.35. The third-order valence-corrected chi connectivity index (χ3v) is 5.43. The Kier molecular flexibility index (Phi) is 3.72. The van der Waals surface area contributed by atoms with E-state index in [-0.39, 0.29) is 0 Å². The van der Waals surface area contributed by atoms with Crippen LogP contribution in [-0.4, -0.2) is 36.1 Å². The second-order valence-electron chi connectivity index (χ2n) is 5.27. The Hall–Kier alpha value is -1.66. The van der Waals surface area contributed by atoms with E-state index in [9.17, 15) is 0 Å². The van der Waals surface area contributed by atoms with E-state index in [1.807, 2.05) is 24.4 Å². The van der Waals surface area contributed by atoms with Crippen molar-refractivity contribution in [1.82, 2.24) is 9.97 Å².